The van der Waals surface area contributed by atoms with Gasteiger partial charge in [0.1, 0.15) is 16.9 Å². The van der Waals surface area contributed by atoms with Crippen LogP contribution in [0.5, 0.6) is 0 Å². The van der Waals surface area contributed by atoms with Gasteiger partial charge in [-0.3, -0.25) is 39.2 Å². The van der Waals surface area contributed by atoms with Crippen LogP contribution in [0.4, 0.5) is 26.0 Å². The van der Waals surface area contributed by atoms with E-state index in [2.05, 4.69) is 51.0 Å². The second-order valence-corrected chi connectivity index (χ2v) is 16.9. The maximum atomic E-state index is 14.3. The highest BCUT2D eigenvalue weighted by Gasteiger charge is 2.40. The lowest BCUT2D eigenvalue weighted by Gasteiger charge is -2.38. The van der Waals surface area contributed by atoms with Gasteiger partial charge in [-0.15, -0.1) is 0 Å². The van der Waals surface area contributed by atoms with Crippen LogP contribution in [0.1, 0.15) is 85.1 Å². The van der Waals surface area contributed by atoms with Crippen molar-refractivity contribution in [2.24, 2.45) is 5.92 Å². The molecule has 4 aliphatic heterocycles. The van der Waals surface area contributed by atoms with Crippen LogP contribution in [0.3, 0.4) is 0 Å². The second kappa shape index (κ2) is 16.2. The molecule has 8 heterocycles. The van der Waals surface area contributed by atoms with Crippen molar-refractivity contribution in [1.82, 2.24) is 49.7 Å². The Bertz CT molecular complexity index is 2490. The van der Waals surface area contributed by atoms with Crippen molar-refractivity contribution in [2.45, 2.75) is 75.5 Å². The van der Waals surface area contributed by atoms with E-state index in [9.17, 15) is 28.0 Å². The molecule has 3 unspecified atom stereocenters. The number of nitrogens with one attached hydrogen (secondary N) is 4. The minimum absolute atomic E-state index is 0.0183. The lowest BCUT2D eigenvalue weighted by Crippen LogP contribution is -2.49. The summed E-state index contributed by atoms with van der Waals surface area (Å²) in [5, 5.41) is 24.7. The van der Waals surface area contributed by atoms with E-state index in [1.807, 2.05) is 18.2 Å². The third-order valence-electron chi connectivity index (χ3n) is 13.0. The molecule has 1 aromatic carbocycles. The Morgan fingerprint density at radius 3 is 2.54 bits per heavy atom. The summed E-state index contributed by atoms with van der Waals surface area (Å²) in [5.74, 6) is -0.698. The number of piperidine rings is 1. The highest BCUT2D eigenvalue weighted by Crippen LogP contribution is 2.37. The minimum atomic E-state index is -2.87. The molecule has 4 aromatic heterocycles. The maximum absolute atomic E-state index is 14.3. The molecule has 1 aliphatic carbocycles. The number of amides is 4. The minimum Gasteiger partial charge on any atom is -0.374 e. The van der Waals surface area contributed by atoms with Crippen LogP contribution in [-0.4, -0.2) is 133 Å². The summed E-state index contributed by atoms with van der Waals surface area (Å²) in [5.41, 5.74) is 1.81. The average molecular weight is 840 g/mol. The smallest absolute Gasteiger partial charge is 0.284 e. The van der Waals surface area contributed by atoms with Gasteiger partial charge in [-0.2, -0.15) is 15.3 Å². The molecule has 0 radical (unpaired) electrons. The predicted molar refractivity (Wildman–Crippen MR) is 217 cm³/mol. The van der Waals surface area contributed by atoms with E-state index < -0.39 is 23.9 Å². The number of rotatable bonds is 11. The summed E-state index contributed by atoms with van der Waals surface area (Å²) in [7, 11) is 0. The largest absolute Gasteiger partial charge is 0.374 e. The van der Waals surface area contributed by atoms with Gasteiger partial charge in [0.15, 0.2) is 11.3 Å². The number of benzene rings is 1. The lowest BCUT2D eigenvalue weighted by atomic mass is 9.85. The van der Waals surface area contributed by atoms with Gasteiger partial charge in [-0.1, -0.05) is 12.1 Å². The van der Waals surface area contributed by atoms with E-state index in [0.717, 1.165) is 82.6 Å². The number of H-pyrrole nitrogens is 1. The molecule has 4 N–H and O–H groups in total. The van der Waals surface area contributed by atoms with Crippen LogP contribution >= 0.6 is 0 Å². The first-order valence-corrected chi connectivity index (χ1v) is 21.1. The number of morpholine rings is 1. The molecular formula is C41H47F2N13O5. The van der Waals surface area contributed by atoms with Crippen LogP contribution < -0.4 is 20.9 Å². The van der Waals surface area contributed by atoms with Gasteiger partial charge >= 0.3 is 0 Å². The van der Waals surface area contributed by atoms with Gasteiger partial charge in [0.25, 0.3) is 12.3 Å². The quantitative estimate of drug-likeness (QED) is 0.142. The van der Waals surface area contributed by atoms with E-state index in [1.54, 1.807) is 16.9 Å². The van der Waals surface area contributed by atoms with Crippen molar-refractivity contribution >= 4 is 57.4 Å². The van der Waals surface area contributed by atoms with E-state index in [4.69, 9.17) is 9.72 Å². The van der Waals surface area contributed by atoms with Crippen LogP contribution in [-0.2, 0) is 19.1 Å². The van der Waals surface area contributed by atoms with Gasteiger partial charge in [0, 0.05) is 63.5 Å². The van der Waals surface area contributed by atoms with Crippen molar-refractivity contribution < 1.29 is 32.7 Å². The van der Waals surface area contributed by atoms with Crippen molar-refractivity contribution in [1.29, 1.82) is 0 Å². The molecular weight excluding hydrogens is 793 g/mol. The molecule has 5 fully saturated rings. The van der Waals surface area contributed by atoms with Gasteiger partial charge in [-0.25, -0.2) is 18.3 Å². The molecule has 4 saturated heterocycles. The Labute approximate surface area is 348 Å². The molecule has 1 saturated carbocycles. The zero-order valence-electron chi connectivity index (χ0n) is 33.4. The predicted octanol–water partition coefficient (Wildman–Crippen LogP) is 3.48. The van der Waals surface area contributed by atoms with E-state index in [-0.39, 0.29) is 60.1 Å². The Morgan fingerprint density at radius 2 is 1.79 bits per heavy atom. The van der Waals surface area contributed by atoms with Gasteiger partial charge < -0.3 is 25.2 Å². The monoisotopic (exact) mass is 839 g/mol. The van der Waals surface area contributed by atoms with Crippen LogP contribution in [0.15, 0.2) is 42.9 Å². The molecule has 320 valence electrons. The fourth-order valence-electron chi connectivity index (χ4n) is 9.77. The first-order valence-electron chi connectivity index (χ1n) is 21.1. The zero-order valence-corrected chi connectivity index (χ0v) is 33.4. The number of aromatic nitrogens is 7. The second-order valence-electron chi connectivity index (χ2n) is 16.9. The normalized spacial score (nSPS) is 24.9. The number of hydrogen-bond acceptors (Lipinski definition) is 12. The molecule has 10 rings (SSSR count). The van der Waals surface area contributed by atoms with Gasteiger partial charge in [0.05, 0.1) is 60.5 Å². The number of carbonyl (C=O) groups is 4. The topological polar surface area (TPSA) is 200 Å². The van der Waals surface area contributed by atoms with Crippen LogP contribution in [0, 0.1) is 5.92 Å². The fraction of sp³-hybridized carbons (Fsp3) is 0.512. The van der Waals surface area contributed by atoms with Crippen LogP contribution in [0.2, 0.25) is 0 Å². The Hall–Kier alpha value is -5.86. The number of para-hydroxylation sites is 1. The highest BCUT2D eigenvalue weighted by atomic mass is 19.3. The van der Waals surface area contributed by atoms with Crippen molar-refractivity contribution in [3.63, 3.8) is 0 Å². The van der Waals surface area contributed by atoms with Crippen LogP contribution in [0.25, 0.3) is 16.6 Å². The number of piperazine rings is 1. The number of fused-ring (bicyclic) bond motifs is 4. The Kier molecular flexibility index (Phi) is 10.4. The summed E-state index contributed by atoms with van der Waals surface area (Å²) < 4.78 is 37.4. The Morgan fingerprint density at radius 1 is 0.967 bits per heavy atom. The molecule has 5 aliphatic rings. The maximum Gasteiger partial charge on any atom is 0.284 e. The van der Waals surface area contributed by atoms with Gasteiger partial charge in [0.2, 0.25) is 17.7 Å². The lowest BCUT2D eigenvalue weighted by molar-refractivity contribution is -0.134. The highest BCUT2D eigenvalue weighted by molar-refractivity contribution is 6.08. The first kappa shape index (κ1) is 39.3. The third-order valence-corrected chi connectivity index (χ3v) is 13.0. The summed E-state index contributed by atoms with van der Waals surface area (Å²) in [6.45, 7) is 5.68. The number of hydrogen-bond donors (Lipinski definition) is 4. The summed E-state index contributed by atoms with van der Waals surface area (Å²) in [6, 6.07) is 7.48. The number of nitrogens with zero attached hydrogens (tertiary/aromatic N) is 9. The summed E-state index contributed by atoms with van der Waals surface area (Å²) >= 11 is 0. The molecule has 20 heteroatoms. The summed E-state index contributed by atoms with van der Waals surface area (Å²) in [4.78, 5) is 62.3. The average Bonchev–Trinajstić information content (AvgIpc) is 4.11. The SMILES string of the molecule is O=C1CCC(c2[nH]nc3c(NC(=O)CN4CCN(CC5CCC(n6cc(NC(=O)c7cnn8ccc(N9CC%10CC9CO%10)nc78)c(C(F)F)n6)CC5)CC4)cccc23)C(=O)N1. The third kappa shape index (κ3) is 7.83. The Balaban J connectivity index is 0.699. The molecule has 2 bridgehead atoms. The molecule has 4 amide bonds. The number of anilines is 3. The van der Waals surface area contributed by atoms with E-state index >= 15 is 0 Å². The molecule has 61 heavy (non-hydrogen) atoms. The number of aromatic amines is 1. The van der Waals surface area contributed by atoms with E-state index in [1.165, 1.54) is 16.9 Å². The fourth-order valence-corrected chi connectivity index (χ4v) is 9.77. The zero-order chi connectivity index (χ0) is 41.8. The summed E-state index contributed by atoms with van der Waals surface area (Å²) in [6.07, 6.45) is 6.98. The molecule has 18 nitrogen and oxygen atoms in total. The molecule has 0 spiro atoms. The standard InChI is InChI=1S/C41H47F2N13O5/c42-38(43)37-31(46-41(60)29-17-44-55-11-10-32(47-39(29)55)54-19-26-16-25(54)22-61-26)20-56(51-37)24-6-4-23(5-7-24)18-52-12-14-53(15-13-52)21-34(58)45-30-3-1-2-27-35(49-50-36(27)30)28-8-9-33(57)48-40(28)59/h1-3,10-11,17,20,23-26,28,38H,4-9,12-16,18-19,21-22H2,(H,45,58)(H,46,60)(H,49,50)(H,48,57,59). The van der Waals surface area contributed by atoms with Crippen molar-refractivity contribution in [2.75, 3.05) is 68.0 Å². The number of ether oxygens (including phenoxy) is 1. The number of halogens is 2. The van der Waals surface area contributed by atoms with E-state index in [0.29, 0.717) is 41.5 Å². The van der Waals surface area contributed by atoms with Gasteiger partial charge in [-0.05, 0) is 56.6 Å². The molecule has 5 aromatic rings. The first-order chi connectivity index (χ1) is 29.6. The molecule has 3 atom stereocenters. The van der Waals surface area contributed by atoms with Crippen molar-refractivity contribution in [3.8, 4) is 0 Å². The van der Waals surface area contributed by atoms with Crippen molar-refractivity contribution in [3.05, 3.63) is 59.8 Å². The number of imide groups is 1. The number of carbonyl (C=O) groups excluding carboxylic acids is 4. The number of alkyl halides is 2.